The summed E-state index contributed by atoms with van der Waals surface area (Å²) < 4.78 is 2.17. The van der Waals surface area contributed by atoms with E-state index in [2.05, 4.69) is 12.2 Å². The van der Waals surface area contributed by atoms with Crippen LogP contribution in [0.3, 0.4) is 0 Å². The smallest absolute Gasteiger partial charge is 0.304 e. The summed E-state index contributed by atoms with van der Waals surface area (Å²) in [5, 5.41) is 26.2. The predicted molar refractivity (Wildman–Crippen MR) is 90.6 cm³/mol. The van der Waals surface area contributed by atoms with Gasteiger partial charge in [-0.05, 0) is 46.9 Å². The fourth-order valence-electron chi connectivity index (χ4n) is 5.11. The molecule has 2 aromatic carbocycles. The van der Waals surface area contributed by atoms with Crippen LogP contribution in [0.4, 0.5) is 0 Å². The quantitative estimate of drug-likeness (QED) is 0.251. The minimum atomic E-state index is 0.111. The zero-order chi connectivity index (χ0) is 16.0. The molecule has 4 heteroatoms. The van der Waals surface area contributed by atoms with Crippen molar-refractivity contribution in [2.24, 2.45) is 11.8 Å². The number of benzene rings is 2. The molecule has 3 aromatic rings. The van der Waals surface area contributed by atoms with Gasteiger partial charge in [-0.3, -0.25) is 0 Å². The molecule has 3 unspecified atom stereocenters. The van der Waals surface area contributed by atoms with Crippen LogP contribution < -0.4 is 4.73 Å². The predicted octanol–water partition coefficient (Wildman–Crippen LogP) is 3.84. The second-order valence-electron chi connectivity index (χ2n) is 7.26. The zero-order valence-corrected chi connectivity index (χ0v) is 13.0. The Bertz CT molecular complexity index is 1000. The Morgan fingerprint density at radius 2 is 1.83 bits per heavy atom. The molecule has 24 heavy (non-hydrogen) atoms. The molecule has 6 rings (SSSR count). The number of rotatable bonds is 1. The Hall–Kier alpha value is -2.75. The Balaban J connectivity index is 1.66. The van der Waals surface area contributed by atoms with Gasteiger partial charge in [0.2, 0.25) is 5.69 Å². The van der Waals surface area contributed by atoms with E-state index in [1.165, 1.54) is 4.73 Å². The van der Waals surface area contributed by atoms with Gasteiger partial charge < -0.3 is 10.4 Å². The minimum Gasteiger partial charge on any atom is -0.710 e. The van der Waals surface area contributed by atoms with E-state index in [1.807, 2.05) is 36.4 Å². The standard InChI is InChI=1S/C20H16N2O2/c23-21-18-14-5-1-3-12-4-2-6-15(17(12)14)19(18)22(24)20(21)16-10-11-7-8-13(16)9-11/h1-8,11,13,16,23H,9-10H2. The topological polar surface area (TPSA) is 52.1 Å². The van der Waals surface area contributed by atoms with E-state index >= 15 is 0 Å². The highest BCUT2D eigenvalue weighted by molar-refractivity contribution is 6.12. The van der Waals surface area contributed by atoms with Gasteiger partial charge in [0.05, 0.1) is 5.92 Å². The lowest BCUT2D eigenvalue weighted by Crippen LogP contribution is -2.35. The normalized spacial score (nSPS) is 25.8. The van der Waals surface area contributed by atoms with Crippen LogP contribution in [0.5, 0.6) is 0 Å². The van der Waals surface area contributed by atoms with Crippen molar-refractivity contribution in [3.8, 4) is 22.5 Å². The summed E-state index contributed by atoms with van der Waals surface area (Å²) in [4.78, 5) is 0. The van der Waals surface area contributed by atoms with Gasteiger partial charge >= 0.3 is 5.82 Å². The number of allylic oxidation sites excluding steroid dienone is 2. The first-order valence-electron chi connectivity index (χ1n) is 8.52. The van der Waals surface area contributed by atoms with Gasteiger partial charge in [-0.15, -0.1) is 0 Å². The third-order valence-electron chi connectivity index (χ3n) is 6.09. The Labute approximate surface area is 138 Å². The molecule has 4 nitrogen and oxygen atoms in total. The summed E-state index contributed by atoms with van der Waals surface area (Å²) in [6.07, 6.45) is 6.53. The maximum absolute atomic E-state index is 13.2. The summed E-state index contributed by atoms with van der Waals surface area (Å²) in [6, 6.07) is 12.0. The van der Waals surface area contributed by atoms with Crippen molar-refractivity contribution in [3.63, 3.8) is 0 Å². The van der Waals surface area contributed by atoms with Crippen LogP contribution in [0.2, 0.25) is 0 Å². The van der Waals surface area contributed by atoms with Gasteiger partial charge in [-0.2, -0.15) is 0 Å². The van der Waals surface area contributed by atoms with Gasteiger partial charge in [0, 0.05) is 16.5 Å². The van der Waals surface area contributed by atoms with Gasteiger partial charge in [0.25, 0.3) is 0 Å². The molecule has 3 aliphatic rings. The van der Waals surface area contributed by atoms with E-state index in [4.69, 9.17) is 0 Å². The summed E-state index contributed by atoms with van der Waals surface area (Å²) in [6.45, 7) is 0. The van der Waals surface area contributed by atoms with Crippen molar-refractivity contribution in [2.75, 3.05) is 0 Å². The Kier molecular flexibility index (Phi) is 2.11. The van der Waals surface area contributed by atoms with E-state index in [0.717, 1.165) is 39.5 Å². The minimum absolute atomic E-state index is 0.111. The fraction of sp³-hybridized carbons (Fsp3) is 0.250. The van der Waals surface area contributed by atoms with Crippen LogP contribution in [0.15, 0.2) is 48.6 Å². The van der Waals surface area contributed by atoms with E-state index in [9.17, 15) is 10.4 Å². The van der Waals surface area contributed by atoms with Crippen molar-refractivity contribution in [1.29, 1.82) is 0 Å². The zero-order valence-electron chi connectivity index (χ0n) is 13.0. The number of hydrogen-bond acceptors (Lipinski definition) is 2. The summed E-state index contributed by atoms with van der Waals surface area (Å²) in [7, 11) is 0. The molecule has 1 fully saturated rings. The van der Waals surface area contributed by atoms with Crippen molar-refractivity contribution >= 4 is 10.8 Å². The third-order valence-corrected chi connectivity index (χ3v) is 6.09. The van der Waals surface area contributed by atoms with Crippen LogP contribution in [0.25, 0.3) is 33.3 Å². The van der Waals surface area contributed by atoms with Gasteiger partial charge in [0.1, 0.15) is 0 Å². The third kappa shape index (κ3) is 1.30. The van der Waals surface area contributed by atoms with Crippen molar-refractivity contribution in [2.45, 2.75) is 18.8 Å². The van der Waals surface area contributed by atoms with Crippen LogP contribution in [-0.2, 0) is 0 Å². The first-order chi connectivity index (χ1) is 11.7. The summed E-state index contributed by atoms with van der Waals surface area (Å²) >= 11 is 0. The average molecular weight is 316 g/mol. The van der Waals surface area contributed by atoms with Gasteiger partial charge in [0.15, 0.2) is 5.69 Å². The molecule has 118 valence electrons. The first kappa shape index (κ1) is 12.6. The highest BCUT2D eigenvalue weighted by Gasteiger charge is 2.46. The molecule has 0 spiro atoms. The molecule has 1 saturated carbocycles. The van der Waals surface area contributed by atoms with E-state index < -0.39 is 0 Å². The molecule has 0 saturated heterocycles. The lowest BCUT2D eigenvalue weighted by molar-refractivity contribution is -0.606. The molecule has 2 bridgehead atoms. The van der Waals surface area contributed by atoms with Crippen LogP contribution in [0, 0.1) is 17.0 Å². The van der Waals surface area contributed by atoms with Crippen LogP contribution in [-0.4, -0.2) is 9.94 Å². The van der Waals surface area contributed by atoms with Crippen LogP contribution in [0.1, 0.15) is 24.6 Å². The SMILES string of the molecule is [O-][n+]1c2c(n(O)c1C1CC3C=CC1C3)-c1cccc3cccc-2c13. The molecule has 3 atom stereocenters. The van der Waals surface area contributed by atoms with Gasteiger partial charge in [-0.25, -0.2) is 4.73 Å². The first-order valence-corrected chi connectivity index (χ1v) is 8.52. The molecule has 1 heterocycles. The van der Waals surface area contributed by atoms with Gasteiger partial charge in [-0.1, -0.05) is 36.4 Å². The van der Waals surface area contributed by atoms with Crippen molar-refractivity contribution in [3.05, 3.63) is 59.6 Å². The van der Waals surface area contributed by atoms with E-state index in [0.29, 0.717) is 29.0 Å². The molecule has 1 N–H and O–H groups in total. The maximum Gasteiger partial charge on any atom is 0.304 e. The molecule has 0 aliphatic heterocycles. The van der Waals surface area contributed by atoms with Crippen molar-refractivity contribution in [1.82, 2.24) is 4.73 Å². The molecular formula is C20H16N2O2. The number of aromatic nitrogens is 2. The number of nitrogens with zero attached hydrogens (tertiary/aromatic N) is 2. The fourth-order valence-corrected chi connectivity index (χ4v) is 5.11. The number of hydrogen-bond donors (Lipinski definition) is 1. The molecule has 1 aromatic heterocycles. The van der Waals surface area contributed by atoms with Crippen molar-refractivity contribution < 1.29 is 9.94 Å². The summed E-state index contributed by atoms with van der Waals surface area (Å²) in [5.74, 6) is 1.55. The second kappa shape index (κ2) is 4.01. The monoisotopic (exact) mass is 316 g/mol. The number of imidazole rings is 1. The number of fused-ring (bicyclic) bond motifs is 5. The van der Waals surface area contributed by atoms with E-state index in [-0.39, 0.29) is 5.92 Å². The second-order valence-corrected chi connectivity index (χ2v) is 7.26. The Morgan fingerprint density at radius 3 is 2.54 bits per heavy atom. The maximum atomic E-state index is 13.2. The highest BCUT2D eigenvalue weighted by Crippen LogP contribution is 2.51. The molecule has 3 aliphatic carbocycles. The largest absolute Gasteiger partial charge is 0.710 e. The highest BCUT2D eigenvalue weighted by atomic mass is 16.5. The summed E-state index contributed by atoms with van der Waals surface area (Å²) in [5.41, 5.74) is 3.14. The lowest BCUT2D eigenvalue weighted by Gasteiger charge is -2.17. The molecular weight excluding hydrogens is 300 g/mol. The van der Waals surface area contributed by atoms with Crippen LogP contribution >= 0.6 is 0 Å². The molecule has 0 amide bonds. The molecule has 0 radical (unpaired) electrons. The Morgan fingerprint density at radius 1 is 1.04 bits per heavy atom. The lowest BCUT2D eigenvalue weighted by atomic mass is 9.93. The van der Waals surface area contributed by atoms with E-state index in [1.54, 1.807) is 0 Å². The average Bonchev–Trinajstić information content (AvgIpc) is 3.33.